The van der Waals surface area contributed by atoms with E-state index in [0.717, 1.165) is 15.6 Å². The highest BCUT2D eigenvalue weighted by atomic mass is 32.1. The highest BCUT2D eigenvalue weighted by Crippen LogP contribution is 2.31. The summed E-state index contributed by atoms with van der Waals surface area (Å²) in [5.41, 5.74) is 0.971. The molecule has 5 heteroatoms. The topological polar surface area (TPSA) is 37.9 Å². The van der Waals surface area contributed by atoms with Crippen LogP contribution in [0.4, 0.5) is 0 Å². The number of hydrogen-bond donors (Lipinski definition) is 1. The van der Waals surface area contributed by atoms with Crippen LogP contribution in [0.3, 0.4) is 0 Å². The van der Waals surface area contributed by atoms with Gasteiger partial charge < -0.3 is 9.72 Å². The zero-order chi connectivity index (χ0) is 9.97. The van der Waals surface area contributed by atoms with Gasteiger partial charge >= 0.3 is 0 Å². The van der Waals surface area contributed by atoms with Crippen LogP contribution >= 0.6 is 23.6 Å². The fourth-order valence-electron chi connectivity index (χ4n) is 1.08. The number of nitrogens with one attached hydrogen (secondary N) is 1. The van der Waals surface area contributed by atoms with Gasteiger partial charge in [-0.3, -0.25) is 0 Å². The summed E-state index contributed by atoms with van der Waals surface area (Å²) in [6, 6.07) is 5.75. The van der Waals surface area contributed by atoms with E-state index in [1.54, 1.807) is 24.8 Å². The normalized spacial score (nSPS) is 10.1. The van der Waals surface area contributed by atoms with Crippen molar-refractivity contribution in [3.05, 3.63) is 29.2 Å². The summed E-state index contributed by atoms with van der Waals surface area (Å²) < 4.78 is 5.70. The van der Waals surface area contributed by atoms with Crippen LogP contribution < -0.4 is 4.74 Å². The number of methoxy groups -OCH3 is 1. The molecule has 0 aliphatic rings. The SMILES string of the molecule is COc1ccc(-c2cc(=S)nc[nH]2)s1. The minimum Gasteiger partial charge on any atom is -0.487 e. The average molecular weight is 224 g/mol. The molecule has 0 radical (unpaired) electrons. The van der Waals surface area contributed by atoms with Gasteiger partial charge in [0, 0.05) is 0 Å². The second kappa shape index (κ2) is 3.89. The van der Waals surface area contributed by atoms with E-state index in [9.17, 15) is 0 Å². The Morgan fingerprint density at radius 3 is 3.00 bits per heavy atom. The van der Waals surface area contributed by atoms with Crippen LogP contribution in [0.15, 0.2) is 24.5 Å². The molecule has 0 aromatic carbocycles. The van der Waals surface area contributed by atoms with Crippen molar-refractivity contribution in [2.75, 3.05) is 7.11 Å². The molecule has 2 aromatic heterocycles. The molecule has 72 valence electrons. The molecule has 0 aliphatic carbocycles. The fraction of sp³-hybridized carbons (Fsp3) is 0.111. The van der Waals surface area contributed by atoms with E-state index in [0.29, 0.717) is 4.64 Å². The second-order valence-electron chi connectivity index (χ2n) is 2.62. The first-order valence-electron chi connectivity index (χ1n) is 3.98. The van der Waals surface area contributed by atoms with E-state index in [4.69, 9.17) is 17.0 Å². The molecule has 0 fully saturated rings. The van der Waals surface area contributed by atoms with Crippen LogP contribution in [0.25, 0.3) is 10.6 Å². The van der Waals surface area contributed by atoms with Gasteiger partial charge in [-0.1, -0.05) is 23.6 Å². The summed E-state index contributed by atoms with van der Waals surface area (Å²) in [6.45, 7) is 0. The van der Waals surface area contributed by atoms with Gasteiger partial charge in [0.15, 0.2) is 5.06 Å². The molecule has 0 saturated heterocycles. The number of aromatic nitrogens is 2. The molecule has 2 heterocycles. The zero-order valence-electron chi connectivity index (χ0n) is 7.48. The monoisotopic (exact) mass is 224 g/mol. The summed E-state index contributed by atoms with van der Waals surface area (Å²) in [6.07, 6.45) is 1.60. The second-order valence-corrected chi connectivity index (χ2v) is 4.09. The van der Waals surface area contributed by atoms with Crippen molar-refractivity contribution in [3.63, 3.8) is 0 Å². The standard InChI is InChI=1S/C9H8N2OS2/c1-12-9-3-2-7(14-9)6-4-8(13)11-5-10-6/h2-5H,1H3,(H,10,11,13). The number of ether oxygens (including phenoxy) is 1. The molecule has 14 heavy (non-hydrogen) atoms. The van der Waals surface area contributed by atoms with Gasteiger partial charge in [-0.25, -0.2) is 4.98 Å². The Hall–Kier alpha value is -1.20. The Morgan fingerprint density at radius 1 is 1.50 bits per heavy atom. The maximum Gasteiger partial charge on any atom is 0.173 e. The smallest absolute Gasteiger partial charge is 0.173 e. The maximum absolute atomic E-state index is 5.11. The van der Waals surface area contributed by atoms with Gasteiger partial charge in [-0.2, -0.15) is 0 Å². The Morgan fingerprint density at radius 2 is 2.36 bits per heavy atom. The first-order valence-corrected chi connectivity index (χ1v) is 5.21. The first-order chi connectivity index (χ1) is 6.79. The third kappa shape index (κ3) is 1.83. The van der Waals surface area contributed by atoms with E-state index in [2.05, 4.69) is 9.97 Å². The molecule has 0 atom stereocenters. The summed E-state index contributed by atoms with van der Waals surface area (Å²) in [4.78, 5) is 8.06. The number of rotatable bonds is 2. The largest absolute Gasteiger partial charge is 0.487 e. The Kier molecular flexibility index (Phi) is 2.60. The summed E-state index contributed by atoms with van der Waals surface area (Å²) in [5.74, 6) is 0. The minimum atomic E-state index is 0.589. The predicted molar refractivity (Wildman–Crippen MR) is 59.3 cm³/mol. The minimum absolute atomic E-state index is 0.589. The third-order valence-electron chi connectivity index (χ3n) is 1.73. The van der Waals surface area contributed by atoms with Crippen molar-refractivity contribution in [2.45, 2.75) is 0 Å². The van der Waals surface area contributed by atoms with E-state index < -0.39 is 0 Å². The molecular weight excluding hydrogens is 216 g/mol. The highest BCUT2D eigenvalue weighted by molar-refractivity contribution is 7.71. The van der Waals surface area contributed by atoms with Crippen molar-refractivity contribution in [1.82, 2.24) is 9.97 Å². The summed E-state index contributed by atoms with van der Waals surface area (Å²) in [5, 5.41) is 0.885. The highest BCUT2D eigenvalue weighted by Gasteiger charge is 2.02. The lowest BCUT2D eigenvalue weighted by Crippen LogP contribution is -1.81. The van der Waals surface area contributed by atoms with Gasteiger partial charge in [0.1, 0.15) is 4.64 Å². The van der Waals surface area contributed by atoms with E-state index in [1.165, 1.54) is 0 Å². The van der Waals surface area contributed by atoms with Gasteiger partial charge in [-0.15, -0.1) is 0 Å². The average Bonchev–Trinajstić information content (AvgIpc) is 2.66. The molecule has 0 unspecified atom stereocenters. The summed E-state index contributed by atoms with van der Waals surface area (Å²) >= 11 is 6.54. The molecule has 2 rings (SSSR count). The van der Waals surface area contributed by atoms with Crippen LogP contribution in [0.1, 0.15) is 0 Å². The van der Waals surface area contributed by atoms with Gasteiger partial charge in [0.2, 0.25) is 0 Å². The number of nitrogens with zero attached hydrogens (tertiary/aromatic N) is 1. The molecule has 2 aromatic rings. The van der Waals surface area contributed by atoms with Crippen LogP contribution in [0.2, 0.25) is 0 Å². The quantitative estimate of drug-likeness (QED) is 0.797. The third-order valence-corrected chi connectivity index (χ3v) is 3.03. The zero-order valence-corrected chi connectivity index (χ0v) is 9.11. The lowest BCUT2D eigenvalue weighted by atomic mass is 10.3. The Balaban J connectivity index is 2.44. The molecule has 3 nitrogen and oxygen atoms in total. The maximum atomic E-state index is 5.11. The molecule has 0 aliphatic heterocycles. The first kappa shape index (κ1) is 9.36. The molecule has 0 saturated carbocycles. The van der Waals surface area contributed by atoms with Crippen LogP contribution in [-0.4, -0.2) is 17.1 Å². The van der Waals surface area contributed by atoms with E-state index >= 15 is 0 Å². The van der Waals surface area contributed by atoms with Gasteiger partial charge in [-0.05, 0) is 18.2 Å². The number of aromatic amines is 1. The molecule has 0 bridgehead atoms. The van der Waals surface area contributed by atoms with Crippen LogP contribution in [0, 0.1) is 4.64 Å². The Labute approximate surface area is 90.4 Å². The number of thiophene rings is 1. The van der Waals surface area contributed by atoms with E-state index in [-0.39, 0.29) is 0 Å². The lowest BCUT2D eigenvalue weighted by Gasteiger charge is -1.95. The van der Waals surface area contributed by atoms with Crippen molar-refractivity contribution < 1.29 is 4.74 Å². The van der Waals surface area contributed by atoms with Crippen molar-refractivity contribution in [2.24, 2.45) is 0 Å². The van der Waals surface area contributed by atoms with Crippen molar-refractivity contribution in [3.8, 4) is 15.6 Å². The Bertz CT molecular complexity index is 489. The number of H-pyrrole nitrogens is 1. The molecule has 0 amide bonds. The fourth-order valence-corrected chi connectivity index (χ4v) is 2.06. The van der Waals surface area contributed by atoms with Crippen molar-refractivity contribution >= 4 is 23.6 Å². The van der Waals surface area contributed by atoms with E-state index in [1.807, 2.05) is 18.2 Å². The predicted octanol–water partition coefficient (Wildman–Crippen LogP) is 2.88. The number of hydrogen-bond acceptors (Lipinski definition) is 4. The molecule has 0 spiro atoms. The lowest BCUT2D eigenvalue weighted by molar-refractivity contribution is 0.427. The molecule has 1 N–H and O–H groups in total. The van der Waals surface area contributed by atoms with Crippen molar-refractivity contribution in [1.29, 1.82) is 0 Å². The van der Waals surface area contributed by atoms with Gasteiger partial charge in [0.25, 0.3) is 0 Å². The van der Waals surface area contributed by atoms with Crippen LogP contribution in [0.5, 0.6) is 5.06 Å². The van der Waals surface area contributed by atoms with Gasteiger partial charge in [0.05, 0.1) is 24.0 Å². The molecular formula is C9H8N2OS2. The summed E-state index contributed by atoms with van der Waals surface area (Å²) in [7, 11) is 1.66. The van der Waals surface area contributed by atoms with Crippen LogP contribution in [-0.2, 0) is 0 Å².